The Hall–Kier alpha value is -2.89. The molecule has 1 aromatic rings. The molecule has 3 N–H and O–H groups in total. The summed E-state index contributed by atoms with van der Waals surface area (Å²) in [6.45, 7) is 4.60. The number of sulfonamides is 1. The molecular weight excluding hydrogens is 423 g/mol. The third-order valence-corrected chi connectivity index (χ3v) is 5.31. The highest BCUT2D eigenvalue weighted by Crippen LogP contribution is 2.26. The molecule has 2 rings (SSSR count). The lowest BCUT2D eigenvalue weighted by molar-refractivity contribution is -0.172. The zero-order valence-corrected chi connectivity index (χ0v) is 16.7. The van der Waals surface area contributed by atoms with E-state index in [1.54, 1.807) is 29.7 Å². The molecule has 0 aromatic heterocycles. The number of alkyl halides is 3. The fourth-order valence-corrected chi connectivity index (χ4v) is 3.50. The minimum absolute atomic E-state index is 0.0112. The van der Waals surface area contributed by atoms with Crippen molar-refractivity contribution in [1.82, 2.24) is 14.9 Å². The molecule has 0 bridgehead atoms. The van der Waals surface area contributed by atoms with E-state index in [2.05, 4.69) is 11.3 Å². The van der Waals surface area contributed by atoms with Gasteiger partial charge in [0.1, 0.15) is 0 Å². The van der Waals surface area contributed by atoms with Crippen LogP contribution in [0.2, 0.25) is 0 Å². The quantitative estimate of drug-likeness (QED) is 0.600. The van der Waals surface area contributed by atoms with Crippen molar-refractivity contribution in [3.63, 3.8) is 0 Å². The highest BCUT2D eigenvalue weighted by molar-refractivity contribution is 7.89. The highest BCUT2D eigenvalue weighted by atomic mass is 32.2. The second-order valence-corrected chi connectivity index (χ2v) is 8.00. The van der Waals surface area contributed by atoms with E-state index in [-0.39, 0.29) is 23.7 Å². The molecule has 1 aromatic carbocycles. The number of amides is 1. The van der Waals surface area contributed by atoms with Crippen LogP contribution >= 0.6 is 0 Å². The fourth-order valence-electron chi connectivity index (χ4n) is 2.44. The van der Waals surface area contributed by atoms with Gasteiger partial charge in [-0.25, -0.2) is 13.1 Å². The number of benzene rings is 1. The van der Waals surface area contributed by atoms with Gasteiger partial charge < -0.3 is 15.3 Å². The number of hydrogen-bond acceptors (Lipinski definition) is 5. The third-order valence-electron chi connectivity index (χ3n) is 3.85. The van der Waals surface area contributed by atoms with E-state index < -0.39 is 22.1 Å². The van der Waals surface area contributed by atoms with Crippen LogP contribution in [0.25, 0.3) is 5.57 Å². The second kappa shape index (κ2) is 9.28. The molecule has 11 heteroatoms. The van der Waals surface area contributed by atoms with Crippen molar-refractivity contribution in [2.75, 3.05) is 13.2 Å². The maximum atomic E-state index is 12.4. The Labute approximate surface area is 171 Å². The lowest BCUT2D eigenvalue weighted by atomic mass is 10.0. The van der Waals surface area contributed by atoms with Gasteiger partial charge in [0.05, 0.1) is 11.5 Å². The number of aliphatic hydroxyl groups excluding tert-OH is 1. The zero-order valence-electron chi connectivity index (χ0n) is 15.9. The summed E-state index contributed by atoms with van der Waals surface area (Å²) in [4.78, 5) is 12.5. The fraction of sp³-hybridized carbons (Fsp3) is 0.211. The van der Waals surface area contributed by atoms with Crippen LogP contribution in [0.4, 0.5) is 13.2 Å². The number of nitrogens with zero attached hydrogens (tertiary/aromatic N) is 1. The van der Waals surface area contributed by atoms with Crippen molar-refractivity contribution < 1.29 is 31.5 Å². The Bertz CT molecular complexity index is 1030. The SMILES string of the molecule is C=C1C=CC(c2cccc(S(=O)(=O)NCCO)c2)=CN1/C=C(\C)NC(=O)C(F)(F)F. The summed E-state index contributed by atoms with van der Waals surface area (Å²) in [5.41, 5.74) is 1.45. The molecule has 0 fully saturated rings. The Morgan fingerprint density at radius 2 is 2.00 bits per heavy atom. The summed E-state index contributed by atoms with van der Waals surface area (Å²) in [7, 11) is -3.81. The molecule has 0 saturated carbocycles. The van der Waals surface area contributed by atoms with Crippen molar-refractivity contribution in [3.8, 4) is 0 Å². The van der Waals surface area contributed by atoms with Crippen molar-refractivity contribution in [3.05, 3.63) is 72.4 Å². The number of allylic oxidation sites excluding steroid dienone is 4. The summed E-state index contributed by atoms with van der Waals surface area (Å²) < 4.78 is 63.9. The molecule has 0 unspecified atom stereocenters. The van der Waals surface area contributed by atoms with Gasteiger partial charge in [0.15, 0.2) is 0 Å². The predicted molar refractivity (Wildman–Crippen MR) is 105 cm³/mol. The van der Waals surface area contributed by atoms with E-state index in [1.807, 2.05) is 0 Å². The third kappa shape index (κ3) is 6.05. The molecule has 162 valence electrons. The molecule has 0 spiro atoms. The first-order chi connectivity index (χ1) is 13.9. The molecule has 1 heterocycles. The lowest BCUT2D eigenvalue weighted by Crippen LogP contribution is -2.36. The summed E-state index contributed by atoms with van der Waals surface area (Å²) in [6, 6.07) is 6.01. The number of carbonyl (C=O) groups is 1. The van der Waals surface area contributed by atoms with Crippen LogP contribution in [0.5, 0.6) is 0 Å². The van der Waals surface area contributed by atoms with Gasteiger partial charge in [0.25, 0.3) is 0 Å². The summed E-state index contributed by atoms with van der Waals surface area (Å²) in [5, 5.41) is 10.6. The first-order valence-corrected chi connectivity index (χ1v) is 10.1. The Morgan fingerprint density at radius 3 is 2.63 bits per heavy atom. The smallest absolute Gasteiger partial charge is 0.395 e. The Morgan fingerprint density at radius 1 is 1.30 bits per heavy atom. The summed E-state index contributed by atoms with van der Waals surface area (Å²) >= 11 is 0. The van der Waals surface area contributed by atoms with Gasteiger partial charge in [-0.2, -0.15) is 13.2 Å². The van der Waals surface area contributed by atoms with E-state index >= 15 is 0 Å². The van der Waals surface area contributed by atoms with Crippen LogP contribution in [0, 0.1) is 0 Å². The lowest BCUT2D eigenvalue weighted by Gasteiger charge is -2.23. The van der Waals surface area contributed by atoms with E-state index in [1.165, 1.54) is 36.2 Å². The van der Waals surface area contributed by atoms with Crippen LogP contribution in [-0.4, -0.2) is 43.7 Å². The number of carbonyl (C=O) groups excluding carboxylic acids is 1. The molecule has 1 aliphatic rings. The first-order valence-electron chi connectivity index (χ1n) is 8.59. The van der Waals surface area contributed by atoms with E-state index in [0.717, 1.165) is 0 Å². The van der Waals surface area contributed by atoms with Gasteiger partial charge in [-0.3, -0.25) is 4.79 Å². The average molecular weight is 443 g/mol. The molecule has 1 aliphatic heterocycles. The number of nitrogens with one attached hydrogen (secondary N) is 2. The summed E-state index contributed by atoms with van der Waals surface area (Å²) in [6.07, 6.45) is 1.06. The van der Waals surface area contributed by atoms with Crippen LogP contribution < -0.4 is 10.0 Å². The average Bonchev–Trinajstić information content (AvgIpc) is 2.67. The predicted octanol–water partition coefficient (Wildman–Crippen LogP) is 2.22. The monoisotopic (exact) mass is 443 g/mol. The number of aliphatic hydroxyl groups is 1. The molecule has 0 saturated heterocycles. The number of halogens is 3. The van der Waals surface area contributed by atoms with E-state index in [0.29, 0.717) is 16.8 Å². The van der Waals surface area contributed by atoms with Crippen LogP contribution in [0.1, 0.15) is 12.5 Å². The molecule has 30 heavy (non-hydrogen) atoms. The molecule has 0 radical (unpaired) electrons. The zero-order chi connectivity index (χ0) is 22.5. The van der Waals surface area contributed by atoms with Gasteiger partial charge in [0.2, 0.25) is 10.0 Å². The van der Waals surface area contributed by atoms with E-state index in [9.17, 15) is 26.4 Å². The second-order valence-electron chi connectivity index (χ2n) is 6.23. The summed E-state index contributed by atoms with van der Waals surface area (Å²) in [5.74, 6) is -2.09. The molecule has 1 amide bonds. The van der Waals surface area contributed by atoms with Gasteiger partial charge in [0, 0.05) is 30.3 Å². The maximum Gasteiger partial charge on any atom is 0.471 e. The van der Waals surface area contributed by atoms with Crippen molar-refractivity contribution in [2.24, 2.45) is 0 Å². The number of hydrogen-bond donors (Lipinski definition) is 3. The number of rotatable bonds is 7. The van der Waals surface area contributed by atoms with Crippen LogP contribution in [0.15, 0.2) is 71.7 Å². The van der Waals surface area contributed by atoms with Gasteiger partial charge in [-0.15, -0.1) is 0 Å². The first kappa shape index (κ1) is 23.4. The highest BCUT2D eigenvalue weighted by Gasteiger charge is 2.38. The van der Waals surface area contributed by atoms with E-state index in [4.69, 9.17) is 5.11 Å². The minimum atomic E-state index is -5.01. The molecular formula is C19H20F3N3O4S. The normalized spacial score (nSPS) is 15.2. The maximum absolute atomic E-state index is 12.4. The molecule has 7 nitrogen and oxygen atoms in total. The standard InChI is InChI=1S/C19H20F3N3O4S/c1-13(24-18(27)19(20,21)22)11-25-12-16(7-6-14(25)2)15-4-3-5-17(10-15)30(28,29)23-8-9-26/h3-7,10-12,23,26H,2,8-9H2,1H3,(H,24,27)/b13-11+. The minimum Gasteiger partial charge on any atom is -0.395 e. The van der Waals surface area contributed by atoms with Crippen molar-refractivity contribution >= 4 is 21.5 Å². The van der Waals surface area contributed by atoms with Gasteiger partial charge >= 0.3 is 12.1 Å². The largest absolute Gasteiger partial charge is 0.471 e. The molecule has 0 atom stereocenters. The van der Waals surface area contributed by atoms with Gasteiger partial charge in [-0.05, 0) is 36.3 Å². The Balaban J connectivity index is 2.30. The van der Waals surface area contributed by atoms with Crippen LogP contribution in [-0.2, 0) is 14.8 Å². The van der Waals surface area contributed by atoms with Gasteiger partial charge in [-0.1, -0.05) is 24.8 Å². The molecule has 0 aliphatic carbocycles. The van der Waals surface area contributed by atoms with Crippen molar-refractivity contribution in [1.29, 1.82) is 0 Å². The van der Waals surface area contributed by atoms with Crippen LogP contribution in [0.3, 0.4) is 0 Å². The Kier molecular flexibility index (Phi) is 7.24. The topological polar surface area (TPSA) is 98.7 Å². The van der Waals surface area contributed by atoms with Crippen molar-refractivity contribution in [2.45, 2.75) is 18.0 Å².